The lowest BCUT2D eigenvalue weighted by molar-refractivity contribution is -0.390. The van der Waals surface area contributed by atoms with E-state index < -0.39 is 16.5 Å². The highest BCUT2D eigenvalue weighted by molar-refractivity contribution is 5.36. The molecule has 0 saturated carbocycles. The number of hydrogen-bond acceptors (Lipinski definition) is 4. The van der Waals surface area contributed by atoms with Gasteiger partial charge in [0.25, 0.3) is 0 Å². The molecule has 0 radical (unpaired) electrons. The van der Waals surface area contributed by atoms with Gasteiger partial charge in [-0.15, -0.1) is 0 Å². The topological polar surface area (TPSA) is 76.3 Å². The lowest BCUT2D eigenvalue weighted by atomic mass is 10.5. The highest BCUT2D eigenvalue weighted by atomic mass is 16.6. The first-order valence-corrected chi connectivity index (χ1v) is 2.50. The minimum Gasteiger partial charge on any atom is -0.501 e. The van der Waals surface area contributed by atoms with Crippen LogP contribution in [0.4, 0.5) is 5.82 Å². The van der Waals surface area contributed by atoms with Crippen LogP contribution in [0.2, 0.25) is 0 Å². The van der Waals surface area contributed by atoms with Crippen LogP contribution in [0.15, 0.2) is 18.3 Å². The van der Waals surface area contributed by atoms with E-state index in [4.69, 9.17) is 5.11 Å². The molecule has 0 fully saturated rings. The van der Waals surface area contributed by atoms with Gasteiger partial charge in [0, 0.05) is 0 Å². The fourth-order valence-electron chi connectivity index (χ4n) is 0.529. The van der Waals surface area contributed by atoms with Crippen molar-refractivity contribution in [2.24, 2.45) is 0 Å². The van der Waals surface area contributed by atoms with Gasteiger partial charge >= 0.3 is 5.82 Å². The molecule has 1 N–H and O–H groups in total. The maximum atomic E-state index is 10.0. The standard InChI is InChI=1S/C5H4N2O3/c8-4-2-1-3-6-5(4)7(9)10/h1-3,8H/i5+1. The monoisotopic (exact) mass is 141 g/mol. The predicted molar refractivity (Wildman–Crippen MR) is 32.6 cm³/mol. The third-order valence-electron chi connectivity index (χ3n) is 0.939. The maximum absolute atomic E-state index is 10.0. The van der Waals surface area contributed by atoms with E-state index in [1.165, 1.54) is 18.3 Å². The summed E-state index contributed by atoms with van der Waals surface area (Å²) in [5, 5.41) is 18.8. The molecule has 0 bridgehead atoms. The highest BCUT2D eigenvalue weighted by Gasteiger charge is 2.11. The van der Waals surface area contributed by atoms with Gasteiger partial charge in [-0.3, -0.25) is 0 Å². The smallest absolute Gasteiger partial charge is 0.405 e. The third-order valence-corrected chi connectivity index (χ3v) is 0.939. The van der Waals surface area contributed by atoms with Gasteiger partial charge in [0.05, 0.1) is 0 Å². The Morgan fingerprint density at radius 2 is 2.40 bits per heavy atom. The largest absolute Gasteiger partial charge is 0.501 e. The van der Waals surface area contributed by atoms with Crippen molar-refractivity contribution in [2.45, 2.75) is 0 Å². The third kappa shape index (κ3) is 1.02. The highest BCUT2D eigenvalue weighted by Crippen LogP contribution is 2.19. The van der Waals surface area contributed by atoms with Gasteiger partial charge in [-0.1, -0.05) is 0 Å². The molecule has 10 heavy (non-hydrogen) atoms. The summed E-state index contributed by atoms with van der Waals surface area (Å²) < 4.78 is 0. The van der Waals surface area contributed by atoms with Crippen LogP contribution in [0.1, 0.15) is 0 Å². The second kappa shape index (κ2) is 2.30. The van der Waals surface area contributed by atoms with Crippen LogP contribution < -0.4 is 0 Å². The summed E-state index contributed by atoms with van der Waals surface area (Å²) in [5.41, 5.74) is 0. The Kier molecular flexibility index (Phi) is 1.49. The summed E-state index contributed by atoms with van der Waals surface area (Å²) in [6.07, 6.45) is 1.25. The summed E-state index contributed by atoms with van der Waals surface area (Å²) in [7, 11) is 0. The van der Waals surface area contributed by atoms with E-state index in [1.54, 1.807) is 0 Å². The molecule has 0 atom stereocenters. The second-order valence-corrected chi connectivity index (χ2v) is 1.60. The molecule has 1 aromatic rings. The van der Waals surface area contributed by atoms with Crippen LogP contribution in [0.3, 0.4) is 0 Å². The van der Waals surface area contributed by atoms with E-state index in [-0.39, 0.29) is 0 Å². The number of hydrogen-bond donors (Lipinski definition) is 1. The SMILES string of the molecule is O=[N+]([O-])[13c]1ncccc1O. The Labute approximate surface area is 56.1 Å². The summed E-state index contributed by atoms with van der Waals surface area (Å²) in [6, 6.07) is 2.63. The van der Waals surface area contributed by atoms with Gasteiger partial charge < -0.3 is 15.2 Å². The first kappa shape index (κ1) is 6.47. The first-order valence-electron chi connectivity index (χ1n) is 2.50. The molecule has 0 aliphatic carbocycles. The molecule has 0 saturated heterocycles. The van der Waals surface area contributed by atoms with Crippen molar-refractivity contribution in [2.75, 3.05) is 0 Å². The zero-order valence-electron chi connectivity index (χ0n) is 4.89. The van der Waals surface area contributed by atoms with Gasteiger partial charge in [-0.25, -0.2) is 0 Å². The summed E-state index contributed by atoms with van der Waals surface area (Å²) in [4.78, 5) is 12.6. The van der Waals surface area contributed by atoms with Crippen LogP contribution in [0, 0.1) is 10.1 Å². The van der Waals surface area contributed by atoms with Crippen LogP contribution in [-0.4, -0.2) is 15.0 Å². The molecule has 1 rings (SSSR count). The Balaban J connectivity index is 3.15. The quantitative estimate of drug-likeness (QED) is 0.461. The molecule has 52 valence electrons. The number of nitro groups is 1. The van der Waals surface area contributed by atoms with Gasteiger partial charge in [0.15, 0.2) is 0 Å². The Bertz CT molecular complexity index is 261. The van der Waals surface area contributed by atoms with E-state index >= 15 is 0 Å². The normalized spacial score (nSPS) is 9.20. The maximum Gasteiger partial charge on any atom is 0.405 e. The van der Waals surface area contributed by atoms with E-state index in [0.717, 1.165) is 0 Å². The van der Waals surface area contributed by atoms with Gasteiger partial charge in [-0.2, -0.15) is 0 Å². The minimum atomic E-state index is -0.741. The molecule has 0 aliphatic heterocycles. The second-order valence-electron chi connectivity index (χ2n) is 1.60. The predicted octanol–water partition coefficient (Wildman–Crippen LogP) is 0.695. The zero-order valence-corrected chi connectivity index (χ0v) is 4.89. The molecule has 0 amide bonds. The van der Waals surface area contributed by atoms with E-state index in [2.05, 4.69) is 4.98 Å². The van der Waals surface area contributed by atoms with Crippen LogP contribution >= 0.6 is 0 Å². The molecule has 1 heterocycles. The molecule has 1 aromatic heterocycles. The molecule has 5 nitrogen and oxygen atoms in total. The van der Waals surface area contributed by atoms with Gasteiger partial charge in [-0.05, 0) is 22.0 Å². The lowest BCUT2D eigenvalue weighted by Crippen LogP contribution is -1.90. The van der Waals surface area contributed by atoms with Gasteiger partial charge in [0.1, 0.15) is 6.20 Å². The molecule has 0 aliphatic rings. The molecular formula is C5H4N2O3. The molecule has 0 spiro atoms. The summed E-state index contributed by atoms with van der Waals surface area (Å²) in [6.45, 7) is 0. The lowest BCUT2D eigenvalue weighted by Gasteiger charge is -1.91. The van der Waals surface area contributed by atoms with Gasteiger partial charge in [0.2, 0.25) is 5.75 Å². The van der Waals surface area contributed by atoms with Crippen molar-refractivity contribution in [1.82, 2.24) is 4.98 Å². The average molecular weight is 141 g/mol. The summed E-state index contributed by atoms with van der Waals surface area (Å²) in [5.74, 6) is -0.921. The fraction of sp³-hybridized carbons (Fsp3) is 0. The van der Waals surface area contributed by atoms with Crippen molar-refractivity contribution in [3.8, 4) is 5.75 Å². The van der Waals surface area contributed by atoms with Crippen molar-refractivity contribution in [3.63, 3.8) is 0 Å². The van der Waals surface area contributed by atoms with Crippen LogP contribution in [-0.2, 0) is 0 Å². The van der Waals surface area contributed by atoms with Crippen molar-refractivity contribution in [1.29, 1.82) is 0 Å². The number of pyridine rings is 1. The Hall–Kier alpha value is -1.65. The fourth-order valence-corrected chi connectivity index (χ4v) is 0.529. The van der Waals surface area contributed by atoms with Crippen LogP contribution in [0.25, 0.3) is 0 Å². The number of aromatic nitrogens is 1. The summed E-state index contributed by atoms with van der Waals surface area (Å²) >= 11 is 0. The zero-order chi connectivity index (χ0) is 7.56. The first-order chi connectivity index (χ1) is 4.72. The van der Waals surface area contributed by atoms with Crippen LogP contribution in [0.5, 0.6) is 5.75 Å². The van der Waals surface area contributed by atoms with Crippen molar-refractivity contribution < 1.29 is 10.0 Å². The molecule has 0 unspecified atom stereocenters. The Morgan fingerprint density at radius 1 is 1.70 bits per heavy atom. The van der Waals surface area contributed by atoms with E-state index in [0.29, 0.717) is 0 Å². The Morgan fingerprint density at radius 3 is 2.80 bits per heavy atom. The molecular weight excluding hydrogens is 137 g/mol. The minimum absolute atomic E-state index is 0.410. The number of rotatable bonds is 1. The average Bonchev–Trinajstić information content (AvgIpc) is 1.88. The molecule has 0 aromatic carbocycles. The molecule has 5 heteroatoms. The number of nitrogens with zero attached hydrogens (tertiary/aromatic N) is 2. The van der Waals surface area contributed by atoms with E-state index in [1.807, 2.05) is 0 Å². The van der Waals surface area contributed by atoms with Crippen molar-refractivity contribution >= 4 is 5.82 Å². The number of aromatic hydroxyl groups is 1. The van der Waals surface area contributed by atoms with E-state index in [9.17, 15) is 10.1 Å². The van der Waals surface area contributed by atoms with Crippen molar-refractivity contribution in [3.05, 3.63) is 28.4 Å².